The van der Waals surface area contributed by atoms with Gasteiger partial charge in [0, 0.05) is 55.7 Å². The predicted molar refractivity (Wildman–Crippen MR) is 144 cm³/mol. The van der Waals surface area contributed by atoms with Crippen molar-refractivity contribution in [2.45, 2.75) is 56.3 Å². The van der Waals surface area contributed by atoms with Gasteiger partial charge in [-0.2, -0.15) is 5.10 Å². The Bertz CT molecular complexity index is 1280. The molecule has 0 bridgehead atoms. The largest absolute Gasteiger partial charge is 0.394 e. The highest BCUT2D eigenvalue weighted by atomic mass is 16.5. The van der Waals surface area contributed by atoms with Crippen molar-refractivity contribution in [1.82, 2.24) is 25.0 Å². The van der Waals surface area contributed by atoms with Gasteiger partial charge in [-0.1, -0.05) is 6.07 Å². The zero-order chi connectivity index (χ0) is 26.1. The second-order valence-electron chi connectivity index (χ2n) is 10.7. The number of carbonyl (C=O) groups is 1. The molecule has 3 aliphatic heterocycles. The number of pyridine rings is 1. The first-order valence-electron chi connectivity index (χ1n) is 13.7. The van der Waals surface area contributed by atoms with Gasteiger partial charge < -0.3 is 25.6 Å². The van der Waals surface area contributed by atoms with Crippen molar-refractivity contribution in [2.75, 3.05) is 45.3 Å². The molecule has 0 saturated carbocycles. The lowest BCUT2D eigenvalue weighted by Crippen LogP contribution is -2.43. The van der Waals surface area contributed by atoms with Gasteiger partial charge >= 0.3 is 0 Å². The minimum Gasteiger partial charge on any atom is -0.394 e. The number of hydrogen-bond acceptors (Lipinski definition) is 8. The van der Waals surface area contributed by atoms with Gasteiger partial charge in [-0.25, -0.2) is 4.98 Å². The van der Waals surface area contributed by atoms with Crippen LogP contribution in [0.2, 0.25) is 0 Å². The number of benzene rings is 1. The summed E-state index contributed by atoms with van der Waals surface area (Å²) < 4.78 is 13.3. The predicted octanol–water partition coefficient (Wildman–Crippen LogP) is 2.38. The van der Waals surface area contributed by atoms with E-state index < -0.39 is 0 Å². The third-order valence-electron chi connectivity index (χ3n) is 8.20. The van der Waals surface area contributed by atoms with E-state index in [0.29, 0.717) is 30.7 Å². The second kappa shape index (κ2) is 11.0. The summed E-state index contributed by atoms with van der Waals surface area (Å²) in [5, 5.41) is 18.2. The number of nitrogens with one attached hydrogen (secondary N) is 1. The van der Waals surface area contributed by atoms with Crippen LogP contribution in [0.1, 0.15) is 48.5 Å². The summed E-state index contributed by atoms with van der Waals surface area (Å²) >= 11 is 0. The highest BCUT2D eigenvalue weighted by Crippen LogP contribution is 2.30. The molecular weight excluding hydrogens is 484 g/mol. The first kappa shape index (κ1) is 25.2. The molecule has 3 saturated heterocycles. The Morgan fingerprint density at radius 2 is 1.97 bits per heavy atom. The fourth-order valence-corrected chi connectivity index (χ4v) is 5.92. The molecule has 0 spiro atoms. The molecule has 6 rings (SSSR count). The molecular formula is C28H36N6O4. The van der Waals surface area contributed by atoms with Crippen molar-refractivity contribution in [2.24, 2.45) is 0 Å². The van der Waals surface area contributed by atoms with E-state index in [1.807, 2.05) is 12.1 Å². The molecule has 10 heteroatoms. The average Bonchev–Trinajstić information content (AvgIpc) is 3.61. The Kier molecular flexibility index (Phi) is 7.29. The minimum atomic E-state index is -0.267. The van der Waals surface area contributed by atoms with E-state index >= 15 is 0 Å². The molecule has 4 N–H and O–H groups in total. The molecule has 202 valence electrons. The summed E-state index contributed by atoms with van der Waals surface area (Å²) in [6.07, 6.45) is 8.48. The standard InChI is InChI=1S/C28H36N6O4/c29-27-25(28(36)31-21-2-3-24(16-35)38-17-21)12-19(13-30-27)18-1-4-26-20(11-18)14-34(32-26)23-5-8-33(15-23)22-6-9-37-10-7-22/h1,4,11-14,21-24,35H,2-3,5-10,15-17H2,(H2,29,30)(H,31,36)/t21-,23?,24+/m1/s1. The van der Waals surface area contributed by atoms with E-state index in [4.69, 9.17) is 20.3 Å². The second-order valence-corrected chi connectivity index (χ2v) is 10.7. The Hall–Kier alpha value is -3.05. The van der Waals surface area contributed by atoms with Crippen molar-refractivity contribution in [3.63, 3.8) is 0 Å². The summed E-state index contributed by atoms with van der Waals surface area (Å²) in [5.41, 5.74) is 9.17. The van der Waals surface area contributed by atoms with E-state index in [1.54, 1.807) is 12.3 Å². The van der Waals surface area contributed by atoms with Gasteiger partial charge in [-0.3, -0.25) is 14.4 Å². The van der Waals surface area contributed by atoms with Gasteiger partial charge in [-0.15, -0.1) is 0 Å². The zero-order valence-electron chi connectivity index (χ0n) is 21.6. The van der Waals surface area contributed by atoms with Crippen molar-refractivity contribution >= 4 is 22.6 Å². The molecule has 5 heterocycles. The van der Waals surface area contributed by atoms with Crippen LogP contribution in [0.4, 0.5) is 5.82 Å². The lowest BCUT2D eigenvalue weighted by atomic mass is 10.0. The lowest BCUT2D eigenvalue weighted by Gasteiger charge is -2.30. The molecule has 3 fully saturated rings. The molecule has 0 radical (unpaired) electrons. The van der Waals surface area contributed by atoms with E-state index in [1.165, 1.54) is 0 Å². The molecule has 3 aliphatic rings. The van der Waals surface area contributed by atoms with E-state index in [2.05, 4.69) is 32.1 Å². The first-order valence-corrected chi connectivity index (χ1v) is 13.7. The molecule has 2 aromatic heterocycles. The van der Waals surface area contributed by atoms with Crippen LogP contribution >= 0.6 is 0 Å². The van der Waals surface area contributed by atoms with Gasteiger partial charge in [0.05, 0.1) is 42.5 Å². The van der Waals surface area contributed by atoms with Gasteiger partial charge in [0.15, 0.2) is 0 Å². The number of aliphatic hydroxyl groups is 1. The average molecular weight is 521 g/mol. The molecule has 3 atom stereocenters. The normalized spacial score (nSPS) is 25.1. The van der Waals surface area contributed by atoms with Crippen LogP contribution < -0.4 is 11.1 Å². The third kappa shape index (κ3) is 5.26. The van der Waals surface area contributed by atoms with Crippen LogP contribution in [-0.2, 0) is 9.47 Å². The number of nitrogens with zero attached hydrogens (tertiary/aromatic N) is 4. The SMILES string of the molecule is Nc1ncc(-c2ccc3nn(C4CCN(C5CCOCC5)C4)cc3c2)cc1C(=O)N[C@@H]1CC[C@@H](CO)OC1. The Morgan fingerprint density at radius 3 is 2.76 bits per heavy atom. The van der Waals surface area contributed by atoms with E-state index in [9.17, 15) is 9.90 Å². The fraction of sp³-hybridized carbons (Fsp3) is 0.536. The maximum absolute atomic E-state index is 13.0. The molecule has 1 amide bonds. The van der Waals surface area contributed by atoms with Crippen molar-refractivity contribution < 1.29 is 19.4 Å². The zero-order valence-corrected chi connectivity index (χ0v) is 21.6. The number of hydrogen-bond donors (Lipinski definition) is 3. The number of rotatable bonds is 6. The maximum atomic E-state index is 13.0. The molecule has 1 unspecified atom stereocenters. The smallest absolute Gasteiger partial charge is 0.255 e. The van der Waals surface area contributed by atoms with Crippen LogP contribution in [-0.4, -0.2) is 88.4 Å². The van der Waals surface area contributed by atoms with Gasteiger partial charge in [-0.05, 0) is 55.9 Å². The number of likely N-dealkylation sites (tertiary alicyclic amines) is 1. The number of amides is 1. The highest BCUT2D eigenvalue weighted by Gasteiger charge is 2.31. The number of nitrogen functional groups attached to an aromatic ring is 1. The third-order valence-corrected chi connectivity index (χ3v) is 8.20. The number of fused-ring (bicyclic) bond motifs is 1. The van der Waals surface area contributed by atoms with Gasteiger partial charge in [0.2, 0.25) is 0 Å². The fourth-order valence-electron chi connectivity index (χ4n) is 5.92. The Morgan fingerprint density at radius 1 is 1.11 bits per heavy atom. The molecule has 1 aromatic carbocycles. The maximum Gasteiger partial charge on any atom is 0.255 e. The van der Waals surface area contributed by atoms with Crippen LogP contribution in [0.15, 0.2) is 36.7 Å². The van der Waals surface area contributed by atoms with Crippen molar-refractivity contribution in [1.29, 1.82) is 0 Å². The quantitative estimate of drug-likeness (QED) is 0.452. The summed E-state index contributed by atoms with van der Waals surface area (Å²) in [4.78, 5) is 19.9. The van der Waals surface area contributed by atoms with Crippen LogP contribution in [0.3, 0.4) is 0 Å². The number of ether oxygens (including phenoxy) is 2. The number of carbonyl (C=O) groups excluding carboxylic acids is 1. The molecule has 10 nitrogen and oxygen atoms in total. The number of anilines is 1. The van der Waals surface area contributed by atoms with E-state index in [-0.39, 0.29) is 30.5 Å². The van der Waals surface area contributed by atoms with Crippen molar-refractivity contribution in [3.8, 4) is 11.1 Å². The first-order chi connectivity index (χ1) is 18.6. The van der Waals surface area contributed by atoms with E-state index in [0.717, 1.165) is 74.0 Å². The Labute approximate surface area is 222 Å². The molecule has 3 aromatic rings. The lowest BCUT2D eigenvalue weighted by molar-refractivity contribution is -0.0305. The summed E-state index contributed by atoms with van der Waals surface area (Å²) in [7, 11) is 0. The Balaban J connectivity index is 1.16. The van der Waals surface area contributed by atoms with Gasteiger partial charge in [0.25, 0.3) is 5.91 Å². The summed E-state index contributed by atoms with van der Waals surface area (Å²) in [6, 6.07) is 8.82. The molecule has 0 aliphatic carbocycles. The summed E-state index contributed by atoms with van der Waals surface area (Å²) in [5.74, 6) is -0.0717. The minimum absolute atomic E-state index is 0.00176. The molecule has 38 heavy (non-hydrogen) atoms. The van der Waals surface area contributed by atoms with Crippen molar-refractivity contribution in [3.05, 3.63) is 42.2 Å². The summed E-state index contributed by atoms with van der Waals surface area (Å²) in [6.45, 7) is 4.23. The van der Waals surface area contributed by atoms with Crippen LogP contribution in [0.25, 0.3) is 22.0 Å². The van der Waals surface area contributed by atoms with Crippen LogP contribution in [0, 0.1) is 0 Å². The number of aliphatic hydroxyl groups excluding tert-OH is 1. The topological polar surface area (TPSA) is 128 Å². The highest BCUT2D eigenvalue weighted by molar-refractivity contribution is 5.99. The monoisotopic (exact) mass is 520 g/mol. The van der Waals surface area contributed by atoms with Crippen LogP contribution in [0.5, 0.6) is 0 Å². The number of aromatic nitrogens is 3. The number of nitrogens with two attached hydrogens (primary N) is 1. The van der Waals surface area contributed by atoms with Gasteiger partial charge in [0.1, 0.15) is 5.82 Å².